The van der Waals surface area contributed by atoms with Crippen LogP contribution in [0.15, 0.2) is 52.4 Å². The van der Waals surface area contributed by atoms with Crippen molar-refractivity contribution in [2.45, 2.75) is 51.5 Å². The maximum atomic E-state index is 6.16. The molecule has 0 unspecified atom stereocenters. The summed E-state index contributed by atoms with van der Waals surface area (Å²) in [5, 5.41) is 1.78. The first-order chi connectivity index (χ1) is 13.5. The van der Waals surface area contributed by atoms with Crippen molar-refractivity contribution >= 4 is 45.7 Å². The fourth-order valence-corrected chi connectivity index (χ4v) is 5.18. The van der Waals surface area contributed by atoms with Crippen molar-refractivity contribution in [3.05, 3.63) is 58.6 Å². The van der Waals surface area contributed by atoms with Crippen LogP contribution in [0.4, 0.5) is 11.4 Å². The number of nitrogens with zero attached hydrogens (tertiary/aromatic N) is 3. The van der Waals surface area contributed by atoms with E-state index in [4.69, 9.17) is 21.6 Å². The molecule has 1 saturated carbocycles. The van der Waals surface area contributed by atoms with Crippen LogP contribution in [0.2, 0.25) is 5.02 Å². The summed E-state index contributed by atoms with van der Waals surface area (Å²) in [6.45, 7) is 4.26. The van der Waals surface area contributed by atoms with Gasteiger partial charge in [-0.2, -0.15) is 0 Å². The van der Waals surface area contributed by atoms with E-state index in [1.165, 1.54) is 30.4 Å². The number of aliphatic imine (C=N–C) groups is 2. The van der Waals surface area contributed by atoms with E-state index in [0.29, 0.717) is 0 Å². The Kier molecular flexibility index (Phi) is 5.52. The van der Waals surface area contributed by atoms with Crippen molar-refractivity contribution < 1.29 is 0 Å². The van der Waals surface area contributed by atoms with Gasteiger partial charge in [0.25, 0.3) is 0 Å². The summed E-state index contributed by atoms with van der Waals surface area (Å²) in [5.41, 5.74) is 4.43. The summed E-state index contributed by atoms with van der Waals surface area (Å²) in [6, 6.07) is 14.5. The molecule has 2 aromatic rings. The molecule has 0 atom stereocenters. The Balaban J connectivity index is 1.87. The molecule has 1 aliphatic heterocycles. The first-order valence-corrected chi connectivity index (χ1v) is 11.5. The fourth-order valence-electron chi connectivity index (χ4n) is 4.41. The van der Waals surface area contributed by atoms with E-state index in [1.807, 2.05) is 12.1 Å². The standard InChI is InChI=1S/C23H26ClN3S/c1-16-8-7-9-17(2)20(16)25-21-23(14-5-4-6-15-23)27(22(26-21)28-3)19-12-10-18(24)11-13-19/h7-13H,4-6,14-15H2,1-3H3. The molecule has 2 aromatic carbocycles. The molecule has 5 heteroatoms. The highest BCUT2D eigenvalue weighted by Gasteiger charge is 2.49. The third-order valence-electron chi connectivity index (χ3n) is 5.84. The molecule has 0 amide bonds. The SMILES string of the molecule is CSC1=NC(=Nc2c(C)cccc2C)C2(CCCCC2)N1c1ccc(Cl)cc1. The third kappa shape index (κ3) is 3.37. The largest absolute Gasteiger partial charge is 0.307 e. The number of hydrogen-bond acceptors (Lipinski definition) is 3. The Hall–Kier alpha value is -1.78. The van der Waals surface area contributed by atoms with Gasteiger partial charge < -0.3 is 4.90 Å². The van der Waals surface area contributed by atoms with E-state index in [2.05, 4.69) is 55.3 Å². The van der Waals surface area contributed by atoms with Gasteiger partial charge in [-0.3, -0.25) is 0 Å². The number of anilines is 1. The summed E-state index contributed by atoms with van der Waals surface area (Å²) in [7, 11) is 0. The molecule has 0 saturated heterocycles. The smallest absolute Gasteiger partial charge is 0.170 e. The third-order valence-corrected chi connectivity index (χ3v) is 6.73. The van der Waals surface area contributed by atoms with E-state index in [1.54, 1.807) is 11.8 Å². The highest BCUT2D eigenvalue weighted by molar-refractivity contribution is 8.13. The van der Waals surface area contributed by atoms with Crippen LogP contribution in [0.3, 0.4) is 0 Å². The quantitative estimate of drug-likeness (QED) is 0.535. The van der Waals surface area contributed by atoms with Crippen molar-refractivity contribution in [3.63, 3.8) is 0 Å². The first-order valence-electron chi connectivity index (χ1n) is 9.89. The Morgan fingerprint density at radius 1 is 1.00 bits per heavy atom. The zero-order valence-corrected chi connectivity index (χ0v) is 18.3. The second-order valence-electron chi connectivity index (χ2n) is 7.68. The highest BCUT2D eigenvalue weighted by Crippen LogP contribution is 2.44. The topological polar surface area (TPSA) is 28.0 Å². The van der Waals surface area contributed by atoms with Crippen LogP contribution in [0.25, 0.3) is 0 Å². The summed E-state index contributed by atoms with van der Waals surface area (Å²) in [4.78, 5) is 12.7. The van der Waals surface area contributed by atoms with Crippen LogP contribution in [0, 0.1) is 13.8 Å². The zero-order chi connectivity index (χ0) is 19.7. The number of para-hydroxylation sites is 1. The molecular weight excluding hydrogens is 386 g/mol. The van der Waals surface area contributed by atoms with Gasteiger partial charge in [0, 0.05) is 10.7 Å². The van der Waals surface area contributed by atoms with Gasteiger partial charge in [0.05, 0.1) is 5.69 Å². The number of amidine groups is 2. The van der Waals surface area contributed by atoms with E-state index >= 15 is 0 Å². The first kappa shape index (κ1) is 19.5. The minimum Gasteiger partial charge on any atom is -0.307 e. The Bertz CT molecular complexity index is 907. The summed E-state index contributed by atoms with van der Waals surface area (Å²) in [6.07, 6.45) is 7.93. The van der Waals surface area contributed by atoms with Gasteiger partial charge in [-0.05, 0) is 68.3 Å². The molecule has 146 valence electrons. The normalized spacial score (nSPS) is 20.1. The molecule has 0 N–H and O–H groups in total. The van der Waals surface area contributed by atoms with Gasteiger partial charge in [0.1, 0.15) is 5.54 Å². The number of hydrogen-bond donors (Lipinski definition) is 0. The lowest BCUT2D eigenvalue weighted by molar-refractivity contribution is 0.385. The lowest BCUT2D eigenvalue weighted by atomic mass is 9.79. The lowest BCUT2D eigenvalue weighted by Gasteiger charge is -2.42. The molecule has 0 aromatic heterocycles. The van der Waals surface area contributed by atoms with Crippen molar-refractivity contribution in [3.8, 4) is 0 Å². The second kappa shape index (κ2) is 7.92. The van der Waals surface area contributed by atoms with Crippen molar-refractivity contribution in [2.75, 3.05) is 11.2 Å². The highest BCUT2D eigenvalue weighted by atomic mass is 35.5. The van der Waals surface area contributed by atoms with E-state index in [9.17, 15) is 0 Å². The van der Waals surface area contributed by atoms with Gasteiger partial charge >= 0.3 is 0 Å². The molecule has 3 nitrogen and oxygen atoms in total. The van der Waals surface area contributed by atoms with Crippen LogP contribution >= 0.6 is 23.4 Å². The number of aryl methyl sites for hydroxylation is 2. The molecule has 1 aliphatic carbocycles. The Morgan fingerprint density at radius 3 is 2.25 bits per heavy atom. The molecule has 1 heterocycles. The maximum Gasteiger partial charge on any atom is 0.170 e. The zero-order valence-electron chi connectivity index (χ0n) is 16.7. The summed E-state index contributed by atoms with van der Waals surface area (Å²) in [5.74, 6) is 0.962. The number of rotatable bonds is 2. The number of benzene rings is 2. The van der Waals surface area contributed by atoms with E-state index in [-0.39, 0.29) is 5.54 Å². The number of thioether (sulfide) groups is 1. The molecule has 1 fully saturated rings. The average Bonchev–Trinajstić information content (AvgIpc) is 2.99. The molecule has 0 bridgehead atoms. The monoisotopic (exact) mass is 411 g/mol. The molecule has 0 radical (unpaired) electrons. The minimum absolute atomic E-state index is 0.168. The lowest BCUT2D eigenvalue weighted by Crippen LogP contribution is -2.52. The molecule has 4 rings (SSSR count). The van der Waals surface area contributed by atoms with Crippen LogP contribution < -0.4 is 4.90 Å². The minimum atomic E-state index is -0.168. The summed E-state index contributed by atoms with van der Waals surface area (Å²) < 4.78 is 0. The van der Waals surface area contributed by atoms with Crippen LogP contribution in [-0.2, 0) is 0 Å². The Labute approximate surface area is 176 Å². The molecule has 2 aliphatic rings. The van der Waals surface area contributed by atoms with Gasteiger partial charge in [0.2, 0.25) is 0 Å². The van der Waals surface area contributed by atoms with E-state index < -0.39 is 0 Å². The van der Waals surface area contributed by atoms with Gasteiger partial charge in [-0.25, -0.2) is 9.98 Å². The van der Waals surface area contributed by atoms with Crippen LogP contribution in [-0.4, -0.2) is 22.8 Å². The number of halogens is 1. The molecule has 1 spiro atoms. The Morgan fingerprint density at radius 2 is 1.64 bits per heavy atom. The van der Waals surface area contributed by atoms with E-state index in [0.717, 1.165) is 40.2 Å². The fraction of sp³-hybridized carbons (Fsp3) is 0.391. The van der Waals surface area contributed by atoms with Crippen molar-refractivity contribution in [1.29, 1.82) is 0 Å². The van der Waals surface area contributed by atoms with Gasteiger partial charge in [0.15, 0.2) is 11.0 Å². The van der Waals surface area contributed by atoms with Crippen LogP contribution in [0.1, 0.15) is 43.2 Å². The predicted molar refractivity (Wildman–Crippen MR) is 124 cm³/mol. The molecule has 28 heavy (non-hydrogen) atoms. The second-order valence-corrected chi connectivity index (χ2v) is 8.89. The molecular formula is C23H26ClN3S. The van der Waals surface area contributed by atoms with Crippen molar-refractivity contribution in [2.24, 2.45) is 9.98 Å². The predicted octanol–water partition coefficient (Wildman–Crippen LogP) is 6.93. The van der Waals surface area contributed by atoms with Crippen LogP contribution in [0.5, 0.6) is 0 Å². The average molecular weight is 412 g/mol. The van der Waals surface area contributed by atoms with Crippen molar-refractivity contribution in [1.82, 2.24) is 0 Å². The van der Waals surface area contributed by atoms with Gasteiger partial charge in [-0.1, -0.05) is 60.8 Å². The summed E-state index contributed by atoms with van der Waals surface area (Å²) >= 11 is 7.85. The van der Waals surface area contributed by atoms with Gasteiger partial charge in [-0.15, -0.1) is 0 Å². The maximum absolute atomic E-state index is 6.16.